The molecule has 2 N–H and O–H groups in total. The molecule has 2 amide bonds. The zero-order chi connectivity index (χ0) is 13.0. The minimum atomic E-state index is -0.505. The van der Waals surface area contributed by atoms with E-state index in [-0.39, 0.29) is 11.8 Å². The molecule has 2 heterocycles. The molecule has 0 saturated carbocycles. The standard InChI is InChI=1S/C13H23N3O2/c14-11(13(18)16-9-3-4-10-16)5-6-12(17)15-7-1-2-8-15/h11H,1-10,14H2. The highest BCUT2D eigenvalue weighted by Gasteiger charge is 2.25. The molecule has 5 heteroatoms. The van der Waals surface area contributed by atoms with Crippen LogP contribution in [0.1, 0.15) is 38.5 Å². The van der Waals surface area contributed by atoms with Crippen LogP contribution in [0.2, 0.25) is 0 Å². The fourth-order valence-electron chi connectivity index (χ4n) is 2.70. The Bertz CT molecular complexity index is 307. The molecule has 18 heavy (non-hydrogen) atoms. The Balaban J connectivity index is 1.71. The molecule has 2 saturated heterocycles. The maximum Gasteiger partial charge on any atom is 0.239 e. The van der Waals surface area contributed by atoms with Gasteiger partial charge in [0.05, 0.1) is 6.04 Å². The van der Waals surface area contributed by atoms with Crippen molar-refractivity contribution in [1.29, 1.82) is 0 Å². The number of nitrogens with two attached hydrogens (primary N) is 1. The second kappa shape index (κ2) is 6.18. The molecular weight excluding hydrogens is 230 g/mol. The van der Waals surface area contributed by atoms with Gasteiger partial charge >= 0.3 is 0 Å². The lowest BCUT2D eigenvalue weighted by atomic mass is 10.1. The summed E-state index contributed by atoms with van der Waals surface area (Å²) < 4.78 is 0. The SMILES string of the molecule is NC(CCC(=O)N1CCCC1)C(=O)N1CCCC1. The smallest absolute Gasteiger partial charge is 0.239 e. The van der Waals surface area contributed by atoms with E-state index in [1.807, 2.05) is 9.80 Å². The summed E-state index contributed by atoms with van der Waals surface area (Å²) in [6.07, 6.45) is 5.23. The molecule has 2 rings (SSSR count). The molecule has 2 fully saturated rings. The highest BCUT2D eigenvalue weighted by Crippen LogP contribution is 2.13. The van der Waals surface area contributed by atoms with Gasteiger partial charge in [-0.05, 0) is 32.1 Å². The number of carbonyl (C=O) groups excluding carboxylic acids is 2. The molecule has 102 valence electrons. The van der Waals surface area contributed by atoms with Crippen molar-refractivity contribution in [3.05, 3.63) is 0 Å². The predicted octanol–water partition coefficient (Wildman–Crippen LogP) is 0.339. The number of likely N-dealkylation sites (tertiary alicyclic amines) is 2. The third kappa shape index (κ3) is 3.22. The molecule has 2 aliphatic rings. The van der Waals surface area contributed by atoms with Gasteiger partial charge in [-0.1, -0.05) is 0 Å². The van der Waals surface area contributed by atoms with Crippen LogP contribution in [0, 0.1) is 0 Å². The van der Waals surface area contributed by atoms with Crippen molar-refractivity contribution in [2.45, 2.75) is 44.6 Å². The number of hydrogen-bond acceptors (Lipinski definition) is 3. The van der Waals surface area contributed by atoms with Gasteiger partial charge in [-0.2, -0.15) is 0 Å². The van der Waals surface area contributed by atoms with Crippen molar-refractivity contribution in [3.8, 4) is 0 Å². The van der Waals surface area contributed by atoms with E-state index < -0.39 is 6.04 Å². The zero-order valence-corrected chi connectivity index (χ0v) is 10.9. The maximum atomic E-state index is 12.0. The van der Waals surface area contributed by atoms with Gasteiger partial charge in [-0.3, -0.25) is 9.59 Å². The van der Waals surface area contributed by atoms with E-state index in [9.17, 15) is 9.59 Å². The van der Waals surface area contributed by atoms with E-state index in [4.69, 9.17) is 5.73 Å². The molecule has 0 aromatic heterocycles. The summed E-state index contributed by atoms with van der Waals surface area (Å²) in [6.45, 7) is 3.39. The van der Waals surface area contributed by atoms with Crippen molar-refractivity contribution in [2.75, 3.05) is 26.2 Å². The quantitative estimate of drug-likeness (QED) is 0.785. The molecular formula is C13H23N3O2. The van der Waals surface area contributed by atoms with Gasteiger partial charge in [0.25, 0.3) is 0 Å². The summed E-state index contributed by atoms with van der Waals surface area (Å²) in [7, 11) is 0. The number of nitrogens with zero attached hydrogens (tertiary/aromatic N) is 2. The second-order valence-electron chi connectivity index (χ2n) is 5.27. The van der Waals surface area contributed by atoms with Gasteiger partial charge in [0.2, 0.25) is 11.8 Å². The normalized spacial score (nSPS) is 21.4. The Labute approximate surface area is 108 Å². The van der Waals surface area contributed by atoms with E-state index in [1.165, 1.54) is 0 Å². The minimum absolute atomic E-state index is 0.0155. The first-order chi connectivity index (χ1) is 8.68. The molecule has 1 unspecified atom stereocenters. The number of hydrogen-bond donors (Lipinski definition) is 1. The Kier molecular flexibility index (Phi) is 4.58. The molecule has 0 aliphatic carbocycles. The fourth-order valence-corrected chi connectivity index (χ4v) is 2.70. The first-order valence-corrected chi connectivity index (χ1v) is 7.00. The van der Waals surface area contributed by atoms with Crippen LogP contribution in [-0.2, 0) is 9.59 Å². The molecule has 0 spiro atoms. The lowest BCUT2D eigenvalue weighted by Gasteiger charge is -2.21. The molecule has 5 nitrogen and oxygen atoms in total. The monoisotopic (exact) mass is 253 g/mol. The van der Waals surface area contributed by atoms with Crippen LogP contribution < -0.4 is 5.73 Å². The third-order valence-corrected chi connectivity index (χ3v) is 3.86. The number of amides is 2. The van der Waals surface area contributed by atoms with E-state index in [0.29, 0.717) is 12.8 Å². The van der Waals surface area contributed by atoms with Gasteiger partial charge in [0.15, 0.2) is 0 Å². The molecule has 1 atom stereocenters. The lowest BCUT2D eigenvalue weighted by Crippen LogP contribution is -2.43. The molecule has 0 radical (unpaired) electrons. The minimum Gasteiger partial charge on any atom is -0.343 e. The molecule has 0 aromatic carbocycles. The zero-order valence-electron chi connectivity index (χ0n) is 10.9. The van der Waals surface area contributed by atoms with Gasteiger partial charge in [-0.15, -0.1) is 0 Å². The largest absolute Gasteiger partial charge is 0.343 e. The van der Waals surface area contributed by atoms with Crippen molar-refractivity contribution >= 4 is 11.8 Å². The van der Waals surface area contributed by atoms with Crippen LogP contribution >= 0.6 is 0 Å². The fraction of sp³-hybridized carbons (Fsp3) is 0.846. The predicted molar refractivity (Wildman–Crippen MR) is 68.8 cm³/mol. The van der Waals surface area contributed by atoms with Crippen LogP contribution in [0.25, 0.3) is 0 Å². The highest BCUT2D eigenvalue weighted by atomic mass is 16.2. The van der Waals surface area contributed by atoms with Crippen molar-refractivity contribution in [1.82, 2.24) is 9.80 Å². The van der Waals surface area contributed by atoms with E-state index in [0.717, 1.165) is 51.9 Å². The summed E-state index contributed by atoms with van der Waals surface area (Å²) >= 11 is 0. The molecule has 0 aromatic rings. The molecule has 2 aliphatic heterocycles. The van der Waals surface area contributed by atoms with Crippen LogP contribution in [0.5, 0.6) is 0 Å². The highest BCUT2D eigenvalue weighted by molar-refractivity contribution is 5.83. The lowest BCUT2D eigenvalue weighted by molar-refractivity contribution is -0.132. The van der Waals surface area contributed by atoms with E-state index >= 15 is 0 Å². The summed E-state index contributed by atoms with van der Waals surface area (Å²) in [5, 5.41) is 0. The second-order valence-corrected chi connectivity index (χ2v) is 5.27. The average molecular weight is 253 g/mol. The van der Waals surface area contributed by atoms with Crippen LogP contribution in [0.3, 0.4) is 0 Å². The van der Waals surface area contributed by atoms with Crippen molar-refractivity contribution in [3.63, 3.8) is 0 Å². The van der Waals surface area contributed by atoms with Crippen molar-refractivity contribution < 1.29 is 9.59 Å². The summed E-state index contributed by atoms with van der Waals surface area (Å²) in [5.74, 6) is 0.166. The Morgan fingerprint density at radius 3 is 2.00 bits per heavy atom. The van der Waals surface area contributed by atoms with Gasteiger partial charge < -0.3 is 15.5 Å². The number of rotatable bonds is 4. The van der Waals surface area contributed by atoms with Gasteiger partial charge in [0.1, 0.15) is 0 Å². The van der Waals surface area contributed by atoms with Crippen LogP contribution in [-0.4, -0.2) is 53.8 Å². The van der Waals surface area contributed by atoms with E-state index in [2.05, 4.69) is 0 Å². The average Bonchev–Trinajstić information content (AvgIpc) is 3.05. The summed E-state index contributed by atoms with van der Waals surface area (Å²) in [4.78, 5) is 27.5. The maximum absolute atomic E-state index is 12.0. The van der Waals surface area contributed by atoms with Gasteiger partial charge in [-0.25, -0.2) is 0 Å². The van der Waals surface area contributed by atoms with Crippen LogP contribution in [0.15, 0.2) is 0 Å². The van der Waals surface area contributed by atoms with Crippen molar-refractivity contribution in [2.24, 2.45) is 5.73 Å². The third-order valence-electron chi connectivity index (χ3n) is 3.86. The van der Waals surface area contributed by atoms with E-state index in [1.54, 1.807) is 0 Å². The topological polar surface area (TPSA) is 66.6 Å². The Morgan fingerprint density at radius 1 is 0.944 bits per heavy atom. The summed E-state index contributed by atoms with van der Waals surface area (Å²) in [6, 6.07) is -0.505. The number of carbonyl (C=O) groups is 2. The first kappa shape index (κ1) is 13.3. The first-order valence-electron chi connectivity index (χ1n) is 7.00. The molecule has 0 bridgehead atoms. The van der Waals surface area contributed by atoms with Gasteiger partial charge in [0, 0.05) is 32.6 Å². The van der Waals surface area contributed by atoms with Crippen LogP contribution in [0.4, 0.5) is 0 Å². The Morgan fingerprint density at radius 2 is 1.44 bits per heavy atom. The Hall–Kier alpha value is -1.10. The summed E-state index contributed by atoms with van der Waals surface area (Å²) in [5.41, 5.74) is 5.88.